The summed E-state index contributed by atoms with van der Waals surface area (Å²) in [6.07, 6.45) is 1.64. The molecule has 7 nitrogen and oxygen atoms in total. The van der Waals surface area contributed by atoms with E-state index < -0.39 is 24.0 Å². The van der Waals surface area contributed by atoms with Crippen molar-refractivity contribution in [3.8, 4) is 0 Å². The third-order valence-electron chi connectivity index (χ3n) is 2.85. The van der Waals surface area contributed by atoms with E-state index in [1.807, 2.05) is 0 Å². The highest BCUT2D eigenvalue weighted by atomic mass is 16.4. The van der Waals surface area contributed by atoms with Crippen LogP contribution in [0.4, 0.5) is 4.79 Å². The van der Waals surface area contributed by atoms with Crippen molar-refractivity contribution >= 4 is 12.0 Å². The minimum Gasteiger partial charge on any atom is -0.481 e. The van der Waals surface area contributed by atoms with E-state index in [-0.39, 0.29) is 0 Å². The maximum atomic E-state index is 11.5. The van der Waals surface area contributed by atoms with E-state index in [9.17, 15) is 9.59 Å². The van der Waals surface area contributed by atoms with Crippen molar-refractivity contribution in [1.29, 1.82) is 0 Å². The molecule has 1 aromatic heterocycles. The molecule has 0 aliphatic carbocycles. The molecule has 100 valence electrons. The summed E-state index contributed by atoms with van der Waals surface area (Å²) in [6, 6.07) is 0.967. The highest BCUT2D eigenvalue weighted by Gasteiger charge is 2.20. The summed E-state index contributed by atoms with van der Waals surface area (Å²) < 4.78 is 1.66. The Balaban J connectivity index is 2.38. The second kappa shape index (κ2) is 6.04. The molecule has 18 heavy (non-hydrogen) atoms. The Morgan fingerprint density at radius 2 is 2.17 bits per heavy atom. The number of carboxylic acid groups (broad SMARTS) is 1. The third kappa shape index (κ3) is 3.76. The monoisotopic (exact) mass is 254 g/mol. The van der Waals surface area contributed by atoms with Gasteiger partial charge in [-0.05, 0) is 19.9 Å². The first kappa shape index (κ1) is 14.0. The Bertz CT molecular complexity index is 430. The van der Waals surface area contributed by atoms with Crippen LogP contribution in [0.1, 0.15) is 19.5 Å². The summed E-state index contributed by atoms with van der Waals surface area (Å²) in [5.41, 5.74) is 0.865. The van der Waals surface area contributed by atoms with Gasteiger partial charge in [-0.3, -0.25) is 9.48 Å². The average Bonchev–Trinajstić information content (AvgIpc) is 2.71. The van der Waals surface area contributed by atoms with Crippen molar-refractivity contribution in [2.45, 2.75) is 26.4 Å². The van der Waals surface area contributed by atoms with Gasteiger partial charge in [0, 0.05) is 19.3 Å². The Kier molecular flexibility index (Phi) is 4.70. The number of carbonyl (C=O) groups excluding carboxylic acids is 1. The van der Waals surface area contributed by atoms with Gasteiger partial charge < -0.3 is 15.7 Å². The van der Waals surface area contributed by atoms with Gasteiger partial charge in [-0.15, -0.1) is 0 Å². The largest absolute Gasteiger partial charge is 0.481 e. The molecule has 0 aliphatic rings. The molecule has 2 amide bonds. The number of carboxylic acids is 1. The Labute approximate surface area is 105 Å². The third-order valence-corrected chi connectivity index (χ3v) is 2.85. The van der Waals surface area contributed by atoms with E-state index in [1.54, 1.807) is 37.8 Å². The van der Waals surface area contributed by atoms with Gasteiger partial charge in [-0.1, -0.05) is 0 Å². The highest BCUT2D eigenvalue weighted by Crippen LogP contribution is 2.02. The van der Waals surface area contributed by atoms with Gasteiger partial charge in [0.1, 0.15) is 0 Å². The molecular formula is C11H18N4O3. The quantitative estimate of drug-likeness (QED) is 0.705. The molecule has 2 unspecified atom stereocenters. The van der Waals surface area contributed by atoms with Crippen LogP contribution in [0.15, 0.2) is 12.3 Å². The van der Waals surface area contributed by atoms with Crippen molar-refractivity contribution in [2.75, 3.05) is 0 Å². The van der Waals surface area contributed by atoms with Crippen molar-refractivity contribution in [3.63, 3.8) is 0 Å². The fraction of sp³-hybridized carbons (Fsp3) is 0.545. The lowest BCUT2D eigenvalue weighted by Gasteiger charge is -2.18. The first-order chi connectivity index (χ1) is 8.41. The molecule has 0 aliphatic heterocycles. The average molecular weight is 254 g/mol. The van der Waals surface area contributed by atoms with Crippen LogP contribution >= 0.6 is 0 Å². The standard InChI is InChI=1S/C11H18N4O3/c1-7(10(16)17)8(2)14-11(18)12-6-9-4-5-13-15(9)3/h4-5,7-8H,6H2,1-3H3,(H,16,17)(H2,12,14,18). The second-order valence-corrected chi connectivity index (χ2v) is 4.19. The lowest BCUT2D eigenvalue weighted by Crippen LogP contribution is -2.45. The minimum absolute atomic E-state index is 0.344. The zero-order valence-electron chi connectivity index (χ0n) is 10.7. The highest BCUT2D eigenvalue weighted by molar-refractivity contribution is 5.76. The van der Waals surface area contributed by atoms with Crippen molar-refractivity contribution in [3.05, 3.63) is 18.0 Å². The molecule has 0 saturated carbocycles. The van der Waals surface area contributed by atoms with Gasteiger partial charge in [0.2, 0.25) is 0 Å². The van der Waals surface area contributed by atoms with Crippen molar-refractivity contribution in [1.82, 2.24) is 20.4 Å². The molecule has 0 bridgehead atoms. The molecule has 0 fully saturated rings. The zero-order chi connectivity index (χ0) is 13.7. The Morgan fingerprint density at radius 3 is 2.67 bits per heavy atom. The fourth-order valence-corrected chi connectivity index (χ4v) is 1.34. The smallest absolute Gasteiger partial charge is 0.315 e. The number of rotatable bonds is 5. The normalized spacial score (nSPS) is 13.7. The maximum Gasteiger partial charge on any atom is 0.315 e. The van der Waals surface area contributed by atoms with Crippen LogP contribution in [0.25, 0.3) is 0 Å². The van der Waals surface area contributed by atoms with Gasteiger partial charge in [0.05, 0.1) is 18.2 Å². The molecule has 1 rings (SSSR count). The van der Waals surface area contributed by atoms with Crippen LogP contribution in [0.5, 0.6) is 0 Å². The zero-order valence-corrected chi connectivity index (χ0v) is 10.7. The molecule has 1 heterocycles. The number of nitrogens with one attached hydrogen (secondary N) is 2. The van der Waals surface area contributed by atoms with Crippen LogP contribution < -0.4 is 10.6 Å². The van der Waals surface area contributed by atoms with Gasteiger partial charge in [-0.2, -0.15) is 5.10 Å². The molecule has 7 heteroatoms. The van der Waals surface area contributed by atoms with Crippen molar-refractivity contribution in [2.24, 2.45) is 13.0 Å². The predicted molar refractivity (Wildman–Crippen MR) is 64.8 cm³/mol. The molecular weight excluding hydrogens is 236 g/mol. The van der Waals surface area contributed by atoms with E-state index in [2.05, 4.69) is 15.7 Å². The van der Waals surface area contributed by atoms with Crippen LogP contribution in [-0.4, -0.2) is 32.9 Å². The first-order valence-corrected chi connectivity index (χ1v) is 5.66. The van der Waals surface area contributed by atoms with Crippen LogP contribution in [0.3, 0.4) is 0 Å². The van der Waals surface area contributed by atoms with Crippen molar-refractivity contribution < 1.29 is 14.7 Å². The molecule has 0 radical (unpaired) electrons. The number of amides is 2. The number of hydrogen-bond donors (Lipinski definition) is 3. The number of hydrogen-bond acceptors (Lipinski definition) is 3. The minimum atomic E-state index is -0.936. The molecule has 0 aromatic carbocycles. The molecule has 1 aromatic rings. The Hall–Kier alpha value is -2.05. The number of aromatic nitrogens is 2. The summed E-state index contributed by atoms with van der Waals surface area (Å²) in [6.45, 7) is 3.55. The number of urea groups is 1. The summed E-state index contributed by atoms with van der Waals surface area (Å²) in [4.78, 5) is 22.3. The number of aliphatic carboxylic acids is 1. The van der Waals surface area contributed by atoms with E-state index in [0.717, 1.165) is 5.69 Å². The van der Waals surface area contributed by atoms with E-state index >= 15 is 0 Å². The second-order valence-electron chi connectivity index (χ2n) is 4.19. The van der Waals surface area contributed by atoms with E-state index in [1.165, 1.54) is 0 Å². The van der Waals surface area contributed by atoms with E-state index in [4.69, 9.17) is 5.11 Å². The summed E-state index contributed by atoms with van der Waals surface area (Å²) in [5.74, 6) is -1.57. The van der Waals surface area contributed by atoms with Crippen LogP contribution in [0, 0.1) is 5.92 Å². The van der Waals surface area contributed by atoms with Crippen LogP contribution in [0.2, 0.25) is 0 Å². The summed E-state index contributed by atoms with van der Waals surface area (Å²) in [7, 11) is 1.78. The SMILES string of the molecule is CC(NC(=O)NCc1ccnn1C)C(C)C(=O)O. The molecule has 0 spiro atoms. The summed E-state index contributed by atoms with van der Waals surface area (Å²) in [5, 5.41) is 18.0. The van der Waals surface area contributed by atoms with Gasteiger partial charge in [0.25, 0.3) is 0 Å². The number of nitrogens with zero attached hydrogens (tertiary/aromatic N) is 2. The number of aryl methyl sites for hydroxylation is 1. The molecule has 3 N–H and O–H groups in total. The predicted octanol–water partition coefficient (Wildman–Crippen LogP) is 0.328. The summed E-state index contributed by atoms with van der Waals surface area (Å²) >= 11 is 0. The molecule has 0 saturated heterocycles. The Morgan fingerprint density at radius 1 is 1.50 bits per heavy atom. The van der Waals surface area contributed by atoms with Crippen LogP contribution in [-0.2, 0) is 18.4 Å². The van der Waals surface area contributed by atoms with Gasteiger partial charge in [0.15, 0.2) is 0 Å². The first-order valence-electron chi connectivity index (χ1n) is 5.66. The number of carbonyl (C=O) groups is 2. The fourth-order valence-electron chi connectivity index (χ4n) is 1.34. The lowest BCUT2D eigenvalue weighted by molar-refractivity contribution is -0.141. The lowest BCUT2D eigenvalue weighted by atomic mass is 10.0. The van der Waals surface area contributed by atoms with Gasteiger partial charge >= 0.3 is 12.0 Å². The van der Waals surface area contributed by atoms with E-state index in [0.29, 0.717) is 6.54 Å². The topological polar surface area (TPSA) is 96.3 Å². The molecule has 2 atom stereocenters. The maximum absolute atomic E-state index is 11.5. The van der Waals surface area contributed by atoms with Gasteiger partial charge in [-0.25, -0.2) is 4.79 Å².